The maximum absolute atomic E-state index is 11.6. The molecule has 0 aromatic carbocycles. The SMILES string of the molecule is Cc1cn(CC2CC([N+](=O)[O-])C(CO)O2)c(=O)[nH]c1=O. The minimum absolute atomic E-state index is 0.0945. The number of hydrogen-bond acceptors (Lipinski definition) is 6. The van der Waals surface area contributed by atoms with Gasteiger partial charge in [0, 0.05) is 23.1 Å². The van der Waals surface area contributed by atoms with Gasteiger partial charge in [-0.05, 0) is 6.92 Å². The molecule has 20 heavy (non-hydrogen) atoms. The second-order valence-electron chi connectivity index (χ2n) is 4.79. The molecule has 1 saturated heterocycles. The summed E-state index contributed by atoms with van der Waals surface area (Å²) in [5, 5.41) is 19.9. The highest BCUT2D eigenvalue weighted by Gasteiger charge is 2.43. The lowest BCUT2D eigenvalue weighted by atomic mass is 10.1. The van der Waals surface area contributed by atoms with Crippen LogP contribution in [0.2, 0.25) is 0 Å². The van der Waals surface area contributed by atoms with E-state index in [4.69, 9.17) is 9.84 Å². The zero-order valence-corrected chi connectivity index (χ0v) is 10.8. The number of aromatic amines is 1. The van der Waals surface area contributed by atoms with Crippen molar-refractivity contribution in [2.45, 2.75) is 38.1 Å². The lowest BCUT2D eigenvalue weighted by Gasteiger charge is -2.12. The first-order valence-electron chi connectivity index (χ1n) is 6.12. The lowest BCUT2D eigenvalue weighted by Crippen LogP contribution is -2.34. The van der Waals surface area contributed by atoms with E-state index in [1.165, 1.54) is 10.8 Å². The van der Waals surface area contributed by atoms with Crippen LogP contribution in [0.1, 0.15) is 12.0 Å². The molecule has 0 spiro atoms. The van der Waals surface area contributed by atoms with Crippen molar-refractivity contribution < 1.29 is 14.8 Å². The lowest BCUT2D eigenvalue weighted by molar-refractivity contribution is -0.527. The molecular formula is C11H15N3O6. The van der Waals surface area contributed by atoms with Crippen LogP contribution in [0.4, 0.5) is 0 Å². The summed E-state index contributed by atoms with van der Waals surface area (Å²) in [5.41, 5.74) is -0.684. The van der Waals surface area contributed by atoms with Crippen LogP contribution in [0.3, 0.4) is 0 Å². The number of H-pyrrole nitrogens is 1. The summed E-state index contributed by atoms with van der Waals surface area (Å²) in [4.78, 5) is 35.4. The summed E-state index contributed by atoms with van der Waals surface area (Å²) in [7, 11) is 0. The molecule has 2 heterocycles. The van der Waals surface area contributed by atoms with Gasteiger partial charge in [-0.1, -0.05) is 0 Å². The summed E-state index contributed by atoms with van der Waals surface area (Å²) in [6.07, 6.45) is 0.0842. The maximum atomic E-state index is 11.6. The van der Waals surface area contributed by atoms with Gasteiger partial charge in [-0.15, -0.1) is 0 Å². The molecule has 0 saturated carbocycles. The third-order valence-electron chi connectivity index (χ3n) is 3.34. The Hall–Kier alpha value is -2.00. The number of nitro groups is 1. The van der Waals surface area contributed by atoms with E-state index in [0.29, 0.717) is 5.56 Å². The standard InChI is InChI=1S/C11H15N3O6/c1-6-3-13(11(17)12-10(6)16)4-7-2-8(14(18)19)9(5-15)20-7/h3,7-9,15H,2,4-5H2,1H3,(H,12,16,17). The number of ether oxygens (including phenoxy) is 1. The van der Waals surface area contributed by atoms with E-state index >= 15 is 0 Å². The highest BCUT2D eigenvalue weighted by atomic mass is 16.6. The van der Waals surface area contributed by atoms with Crippen LogP contribution in [-0.4, -0.2) is 44.4 Å². The summed E-state index contributed by atoms with van der Waals surface area (Å²) >= 11 is 0. The zero-order valence-electron chi connectivity index (χ0n) is 10.8. The van der Waals surface area contributed by atoms with Crippen LogP contribution in [-0.2, 0) is 11.3 Å². The minimum atomic E-state index is -0.982. The van der Waals surface area contributed by atoms with Gasteiger partial charge in [0.25, 0.3) is 5.56 Å². The number of nitrogens with zero attached hydrogens (tertiary/aromatic N) is 2. The number of aliphatic hydroxyl groups is 1. The van der Waals surface area contributed by atoms with Crippen molar-refractivity contribution in [1.82, 2.24) is 9.55 Å². The molecule has 9 heteroatoms. The Balaban J connectivity index is 2.16. The van der Waals surface area contributed by atoms with Crippen molar-refractivity contribution >= 4 is 0 Å². The highest BCUT2D eigenvalue weighted by Crippen LogP contribution is 2.23. The Morgan fingerprint density at radius 1 is 1.60 bits per heavy atom. The molecule has 3 unspecified atom stereocenters. The number of aryl methyl sites for hydroxylation is 1. The molecular weight excluding hydrogens is 270 g/mol. The largest absolute Gasteiger partial charge is 0.393 e. The Bertz CT molecular complexity index is 621. The predicted octanol–water partition coefficient (Wildman–Crippen LogP) is -1.36. The van der Waals surface area contributed by atoms with Crippen LogP contribution < -0.4 is 11.2 Å². The third-order valence-corrected chi connectivity index (χ3v) is 3.34. The second kappa shape index (κ2) is 5.55. The first kappa shape index (κ1) is 14.4. The topological polar surface area (TPSA) is 127 Å². The molecule has 2 rings (SSSR count). The first-order valence-corrected chi connectivity index (χ1v) is 6.12. The Morgan fingerprint density at radius 2 is 2.30 bits per heavy atom. The average Bonchev–Trinajstić information content (AvgIpc) is 2.79. The van der Waals surface area contributed by atoms with E-state index < -0.39 is 41.0 Å². The molecule has 0 bridgehead atoms. The van der Waals surface area contributed by atoms with E-state index in [0.717, 1.165) is 0 Å². The minimum Gasteiger partial charge on any atom is -0.393 e. The number of rotatable bonds is 4. The molecule has 2 N–H and O–H groups in total. The first-order chi connectivity index (χ1) is 9.42. The molecule has 1 aromatic rings. The number of nitrogens with one attached hydrogen (secondary N) is 1. The van der Waals surface area contributed by atoms with Crippen molar-refractivity contribution in [3.63, 3.8) is 0 Å². The molecule has 1 aliphatic heterocycles. The van der Waals surface area contributed by atoms with Crippen LogP contribution in [0.5, 0.6) is 0 Å². The number of aliphatic hydroxyl groups excluding tert-OH is 1. The van der Waals surface area contributed by atoms with Crippen molar-refractivity contribution in [2.24, 2.45) is 0 Å². The van der Waals surface area contributed by atoms with Crippen LogP contribution in [0.25, 0.3) is 0 Å². The van der Waals surface area contributed by atoms with Crippen molar-refractivity contribution in [2.75, 3.05) is 6.61 Å². The molecule has 1 aliphatic rings. The fourth-order valence-corrected chi connectivity index (χ4v) is 2.29. The molecule has 110 valence electrons. The Morgan fingerprint density at radius 3 is 2.85 bits per heavy atom. The fourth-order valence-electron chi connectivity index (χ4n) is 2.29. The van der Waals surface area contributed by atoms with Gasteiger partial charge in [-0.25, -0.2) is 4.79 Å². The van der Waals surface area contributed by atoms with E-state index in [9.17, 15) is 19.7 Å². The molecule has 3 atom stereocenters. The Labute approximate surface area is 113 Å². The summed E-state index contributed by atoms with van der Waals surface area (Å²) in [5.74, 6) is 0. The molecule has 1 aromatic heterocycles. The van der Waals surface area contributed by atoms with E-state index in [2.05, 4.69) is 4.98 Å². The van der Waals surface area contributed by atoms with Crippen molar-refractivity contribution in [1.29, 1.82) is 0 Å². The summed E-state index contributed by atoms with van der Waals surface area (Å²) < 4.78 is 6.62. The molecule has 9 nitrogen and oxygen atoms in total. The van der Waals surface area contributed by atoms with Gasteiger partial charge in [-0.3, -0.25) is 24.5 Å². The molecule has 0 aliphatic carbocycles. The predicted molar refractivity (Wildman–Crippen MR) is 67.2 cm³/mol. The number of aromatic nitrogens is 2. The fraction of sp³-hybridized carbons (Fsp3) is 0.636. The molecule has 0 amide bonds. The summed E-state index contributed by atoms with van der Waals surface area (Å²) in [6, 6.07) is -0.982. The van der Waals surface area contributed by atoms with Crippen molar-refractivity contribution in [3.05, 3.63) is 42.7 Å². The highest BCUT2D eigenvalue weighted by molar-refractivity contribution is 5.01. The van der Waals surface area contributed by atoms with Crippen LogP contribution in [0.15, 0.2) is 15.8 Å². The van der Waals surface area contributed by atoms with Gasteiger partial charge < -0.3 is 9.84 Å². The average molecular weight is 285 g/mol. The smallest absolute Gasteiger partial charge is 0.328 e. The Kier molecular flexibility index (Phi) is 4.00. The molecule has 0 radical (unpaired) electrons. The van der Waals surface area contributed by atoms with Gasteiger partial charge >= 0.3 is 5.69 Å². The summed E-state index contributed by atoms with van der Waals surface area (Å²) in [6.45, 7) is 1.21. The third kappa shape index (κ3) is 2.78. The normalized spacial score (nSPS) is 25.8. The number of hydrogen-bond donors (Lipinski definition) is 2. The van der Waals surface area contributed by atoms with Gasteiger partial charge in [0.05, 0.1) is 19.3 Å². The van der Waals surface area contributed by atoms with Gasteiger partial charge in [0.1, 0.15) is 6.10 Å². The van der Waals surface area contributed by atoms with Crippen LogP contribution in [0, 0.1) is 17.0 Å². The van der Waals surface area contributed by atoms with Crippen molar-refractivity contribution in [3.8, 4) is 0 Å². The van der Waals surface area contributed by atoms with Gasteiger partial charge in [0.15, 0.2) is 0 Å². The van der Waals surface area contributed by atoms with E-state index in [-0.39, 0.29) is 13.0 Å². The van der Waals surface area contributed by atoms with Crippen LogP contribution >= 0.6 is 0 Å². The van der Waals surface area contributed by atoms with E-state index in [1.54, 1.807) is 6.92 Å². The molecule has 1 fully saturated rings. The monoisotopic (exact) mass is 285 g/mol. The van der Waals surface area contributed by atoms with Gasteiger partial charge in [-0.2, -0.15) is 0 Å². The zero-order chi connectivity index (χ0) is 14.9. The van der Waals surface area contributed by atoms with Gasteiger partial charge in [0.2, 0.25) is 6.04 Å². The second-order valence-corrected chi connectivity index (χ2v) is 4.79. The quantitative estimate of drug-likeness (QED) is 0.519. The van der Waals surface area contributed by atoms with E-state index in [1.807, 2.05) is 0 Å². The maximum Gasteiger partial charge on any atom is 0.328 e.